The number of carbonyl (C=O) groups is 3. The summed E-state index contributed by atoms with van der Waals surface area (Å²) in [5.74, 6) is -1.41. The third-order valence-electron chi connectivity index (χ3n) is 3.23. The van der Waals surface area contributed by atoms with E-state index in [4.69, 9.17) is 12.2 Å². The Balaban J connectivity index is 0.00000116. The summed E-state index contributed by atoms with van der Waals surface area (Å²) in [5, 5.41) is 2.50. The second-order valence-corrected chi connectivity index (χ2v) is 5.02. The van der Waals surface area contributed by atoms with Gasteiger partial charge in [0, 0.05) is 12.0 Å². The van der Waals surface area contributed by atoms with Crippen LogP contribution in [0.3, 0.4) is 0 Å². The largest absolute Gasteiger partial charge is 0.319 e. The van der Waals surface area contributed by atoms with Crippen molar-refractivity contribution in [3.63, 3.8) is 0 Å². The molecule has 0 bridgehead atoms. The fraction of sp³-hybridized carbons (Fsp3) is 0.375. The minimum absolute atomic E-state index is 0.119. The van der Waals surface area contributed by atoms with Gasteiger partial charge in [-0.25, -0.2) is 0 Å². The summed E-state index contributed by atoms with van der Waals surface area (Å²) in [7, 11) is 0. The van der Waals surface area contributed by atoms with Crippen LogP contribution < -0.4 is 5.32 Å². The third kappa shape index (κ3) is 3.39. The van der Waals surface area contributed by atoms with Gasteiger partial charge in [-0.05, 0) is 19.4 Å². The van der Waals surface area contributed by atoms with Gasteiger partial charge in [-0.3, -0.25) is 19.3 Å². The number of thiocarbonyl (C=S) groups is 1. The van der Waals surface area contributed by atoms with Gasteiger partial charge in [-0.15, -0.1) is 0 Å². The quantitative estimate of drug-likeness (QED) is 0.480. The van der Waals surface area contributed by atoms with Crippen molar-refractivity contribution in [1.82, 2.24) is 10.2 Å². The Kier molecular flexibility index (Phi) is 6.37. The summed E-state index contributed by atoms with van der Waals surface area (Å²) in [4.78, 5) is 37.8. The summed E-state index contributed by atoms with van der Waals surface area (Å²) in [6.07, 6.45) is 5.77. The number of allylic oxidation sites excluding steroid dienone is 3. The lowest BCUT2D eigenvalue weighted by molar-refractivity contribution is -0.145. The molecule has 3 amide bonds. The average Bonchev–Trinajstić information content (AvgIpc) is 2.71. The number of carbonyl (C=O) groups excluding carboxylic acids is 3. The van der Waals surface area contributed by atoms with Crippen LogP contribution in [0.15, 0.2) is 36.0 Å². The minimum atomic E-state index is -0.810. The van der Waals surface area contributed by atoms with Crippen molar-refractivity contribution in [1.29, 1.82) is 0 Å². The molecule has 22 heavy (non-hydrogen) atoms. The summed E-state index contributed by atoms with van der Waals surface area (Å²) in [6.45, 7) is 9.43. The zero-order chi connectivity index (χ0) is 16.9. The monoisotopic (exact) mass is 320 g/mol. The van der Waals surface area contributed by atoms with Gasteiger partial charge < -0.3 is 5.32 Å². The summed E-state index contributed by atoms with van der Waals surface area (Å²) in [5.41, 5.74) is 0.350. The van der Waals surface area contributed by atoms with Gasteiger partial charge in [0.2, 0.25) is 5.91 Å². The fourth-order valence-electron chi connectivity index (χ4n) is 2.19. The Morgan fingerprint density at radius 3 is 2.45 bits per heavy atom. The molecule has 0 radical (unpaired) electrons. The lowest BCUT2D eigenvalue weighted by atomic mass is 10.1. The molecule has 2 saturated heterocycles. The number of amides is 3. The maximum absolute atomic E-state index is 12.3. The van der Waals surface area contributed by atoms with Gasteiger partial charge in [0.25, 0.3) is 11.8 Å². The number of piperidine rings is 1. The van der Waals surface area contributed by atoms with Gasteiger partial charge in [-0.2, -0.15) is 0 Å². The van der Waals surface area contributed by atoms with Crippen molar-refractivity contribution in [3.05, 3.63) is 36.0 Å². The Morgan fingerprint density at radius 1 is 1.27 bits per heavy atom. The van der Waals surface area contributed by atoms with E-state index in [1.807, 2.05) is 13.8 Å². The number of nitrogens with one attached hydrogen (secondary N) is 1. The number of hydrogen-bond acceptors (Lipinski definition) is 4. The maximum atomic E-state index is 12.3. The van der Waals surface area contributed by atoms with E-state index >= 15 is 0 Å². The number of nitrogens with zero attached hydrogens (tertiary/aromatic N) is 1. The zero-order valence-corrected chi connectivity index (χ0v) is 13.8. The maximum Gasteiger partial charge on any atom is 0.262 e. The first-order valence-electron chi connectivity index (χ1n) is 7.21. The van der Waals surface area contributed by atoms with E-state index in [0.717, 1.165) is 4.90 Å². The molecule has 0 saturated carbocycles. The predicted octanol–water partition coefficient (Wildman–Crippen LogP) is 2.05. The molecule has 2 aliphatic heterocycles. The molecule has 0 aromatic carbocycles. The van der Waals surface area contributed by atoms with Gasteiger partial charge in [0.1, 0.15) is 6.04 Å². The van der Waals surface area contributed by atoms with Crippen LogP contribution >= 0.6 is 12.2 Å². The molecule has 6 heteroatoms. The van der Waals surface area contributed by atoms with Crippen molar-refractivity contribution < 1.29 is 14.4 Å². The van der Waals surface area contributed by atoms with Crippen LogP contribution in [-0.4, -0.2) is 33.7 Å². The number of hydrogen-bond donors (Lipinski definition) is 1. The third-order valence-corrected chi connectivity index (χ3v) is 3.53. The van der Waals surface area contributed by atoms with E-state index in [0.29, 0.717) is 17.8 Å². The highest BCUT2D eigenvalue weighted by Gasteiger charge is 2.45. The molecule has 2 rings (SSSR count). The molecule has 2 fully saturated rings. The molecule has 0 aliphatic carbocycles. The molecule has 0 aromatic heterocycles. The van der Waals surface area contributed by atoms with Crippen molar-refractivity contribution in [3.8, 4) is 0 Å². The van der Waals surface area contributed by atoms with E-state index in [-0.39, 0.29) is 11.1 Å². The van der Waals surface area contributed by atoms with Crippen LogP contribution in [0.2, 0.25) is 0 Å². The van der Waals surface area contributed by atoms with E-state index in [9.17, 15) is 14.4 Å². The molecule has 1 N–H and O–H groups in total. The van der Waals surface area contributed by atoms with E-state index in [1.54, 1.807) is 19.1 Å². The number of rotatable bonds is 2. The minimum Gasteiger partial charge on any atom is -0.319 e. The molecular weight excluding hydrogens is 300 g/mol. The Labute approximate surface area is 135 Å². The van der Waals surface area contributed by atoms with Crippen LogP contribution in [0.4, 0.5) is 0 Å². The summed E-state index contributed by atoms with van der Waals surface area (Å²) in [6, 6.07) is -0.810. The molecule has 1 atom stereocenters. The zero-order valence-electron chi connectivity index (χ0n) is 13.0. The fourth-order valence-corrected chi connectivity index (χ4v) is 2.41. The topological polar surface area (TPSA) is 66.5 Å². The Morgan fingerprint density at radius 2 is 1.91 bits per heavy atom. The molecule has 5 nitrogen and oxygen atoms in total. The second-order valence-electron chi connectivity index (χ2n) is 4.53. The van der Waals surface area contributed by atoms with Crippen LogP contribution in [0, 0.1) is 0 Å². The lowest BCUT2D eigenvalue weighted by Gasteiger charge is -2.28. The van der Waals surface area contributed by atoms with E-state index < -0.39 is 23.8 Å². The molecule has 0 spiro atoms. The highest BCUT2D eigenvalue weighted by Crippen LogP contribution is 2.28. The summed E-state index contributed by atoms with van der Waals surface area (Å²) < 4.78 is 0. The Bertz CT molecular complexity index is 590. The molecule has 118 valence electrons. The van der Waals surface area contributed by atoms with Crippen LogP contribution in [0.5, 0.6) is 0 Å². The molecule has 2 heterocycles. The second kappa shape index (κ2) is 7.79. The molecule has 0 aromatic rings. The van der Waals surface area contributed by atoms with Crippen LogP contribution in [0.1, 0.15) is 33.6 Å². The van der Waals surface area contributed by atoms with E-state index in [1.165, 1.54) is 6.08 Å². The van der Waals surface area contributed by atoms with Crippen LogP contribution in [0.25, 0.3) is 0 Å². The lowest BCUT2D eigenvalue weighted by Crippen LogP contribution is -2.53. The first-order valence-corrected chi connectivity index (χ1v) is 7.62. The smallest absolute Gasteiger partial charge is 0.262 e. The highest BCUT2D eigenvalue weighted by atomic mass is 32.1. The van der Waals surface area contributed by atoms with Gasteiger partial charge in [0.15, 0.2) is 0 Å². The van der Waals surface area contributed by atoms with Crippen molar-refractivity contribution in [2.45, 2.75) is 39.7 Å². The molecular formula is C16H20N2O3S. The number of imide groups is 1. The Hall–Kier alpha value is -2.08. The van der Waals surface area contributed by atoms with Crippen molar-refractivity contribution in [2.75, 3.05) is 0 Å². The van der Waals surface area contributed by atoms with Crippen molar-refractivity contribution in [2.24, 2.45) is 0 Å². The summed E-state index contributed by atoms with van der Waals surface area (Å²) >= 11 is 4.91. The standard InChI is InChI=1S/C14H14N2O3S.C2H6/c1-3-4-5-9-8(2)13(18)16(14(9)19)10-6-7-11(20)15-12(10)17;1-2/h3-5,10H,2,6-7H2,1H3,(H,15,17,20);1-2H3/b4-3-,9-5+;. The SMILES string of the molecule is C=C1C(=O)N(C2CCC(=S)NC2=O)C(=O)/C1=C/C=C\C.CC. The first kappa shape index (κ1) is 18.0. The average molecular weight is 320 g/mol. The van der Waals surface area contributed by atoms with Gasteiger partial charge in [-0.1, -0.05) is 44.8 Å². The van der Waals surface area contributed by atoms with Crippen LogP contribution in [-0.2, 0) is 14.4 Å². The van der Waals surface area contributed by atoms with Gasteiger partial charge >= 0.3 is 0 Å². The normalized spacial score (nSPS) is 24.0. The predicted molar refractivity (Wildman–Crippen MR) is 89.0 cm³/mol. The highest BCUT2D eigenvalue weighted by molar-refractivity contribution is 7.80. The van der Waals surface area contributed by atoms with Crippen molar-refractivity contribution >= 4 is 34.9 Å². The molecule has 2 aliphatic rings. The van der Waals surface area contributed by atoms with Gasteiger partial charge in [0.05, 0.1) is 10.6 Å². The van der Waals surface area contributed by atoms with E-state index in [2.05, 4.69) is 11.9 Å². The first-order chi connectivity index (χ1) is 10.5. The molecule has 1 unspecified atom stereocenters. The number of likely N-dealkylation sites (tertiary alicyclic amines) is 1.